The standard InChI is InChI=1S/C9H19NO2/c1-3-11-7-5-10-9-4-6-12-8(9)2/h8-10H,3-7H2,1-2H3/t8-,9+/m0/s1. The zero-order chi connectivity index (χ0) is 8.81. The van der Waals surface area contributed by atoms with Crippen molar-refractivity contribution < 1.29 is 9.47 Å². The summed E-state index contributed by atoms with van der Waals surface area (Å²) in [5.41, 5.74) is 0. The largest absolute Gasteiger partial charge is 0.380 e. The van der Waals surface area contributed by atoms with Gasteiger partial charge in [-0.1, -0.05) is 0 Å². The zero-order valence-corrected chi connectivity index (χ0v) is 8.01. The van der Waals surface area contributed by atoms with E-state index in [1.54, 1.807) is 0 Å². The number of nitrogens with one attached hydrogen (secondary N) is 1. The molecule has 3 heteroatoms. The summed E-state index contributed by atoms with van der Waals surface area (Å²) in [7, 11) is 0. The van der Waals surface area contributed by atoms with Crippen LogP contribution in [0.15, 0.2) is 0 Å². The minimum atomic E-state index is 0.367. The van der Waals surface area contributed by atoms with E-state index in [2.05, 4.69) is 12.2 Å². The van der Waals surface area contributed by atoms with Gasteiger partial charge in [0, 0.05) is 25.8 Å². The first-order valence-corrected chi connectivity index (χ1v) is 4.77. The second-order valence-electron chi connectivity index (χ2n) is 3.12. The number of rotatable bonds is 5. The normalized spacial score (nSPS) is 29.5. The van der Waals surface area contributed by atoms with Crippen molar-refractivity contribution in [2.45, 2.75) is 32.4 Å². The summed E-state index contributed by atoms with van der Waals surface area (Å²) in [6.07, 6.45) is 1.50. The molecule has 1 aliphatic rings. The molecule has 72 valence electrons. The summed E-state index contributed by atoms with van der Waals surface area (Å²) in [6.45, 7) is 7.57. The fourth-order valence-electron chi connectivity index (χ4n) is 1.46. The summed E-state index contributed by atoms with van der Waals surface area (Å²) in [6, 6.07) is 0.533. The molecule has 0 bridgehead atoms. The molecule has 2 atom stereocenters. The highest BCUT2D eigenvalue weighted by atomic mass is 16.5. The van der Waals surface area contributed by atoms with Crippen molar-refractivity contribution in [3.63, 3.8) is 0 Å². The summed E-state index contributed by atoms with van der Waals surface area (Å²) in [5.74, 6) is 0. The molecule has 0 aromatic carbocycles. The van der Waals surface area contributed by atoms with E-state index in [9.17, 15) is 0 Å². The first-order valence-electron chi connectivity index (χ1n) is 4.77. The van der Waals surface area contributed by atoms with Crippen LogP contribution in [-0.4, -0.2) is 38.5 Å². The van der Waals surface area contributed by atoms with Crippen LogP contribution in [0.1, 0.15) is 20.3 Å². The zero-order valence-electron chi connectivity index (χ0n) is 8.01. The molecule has 0 aliphatic carbocycles. The van der Waals surface area contributed by atoms with Crippen LogP contribution in [0.2, 0.25) is 0 Å². The van der Waals surface area contributed by atoms with E-state index < -0.39 is 0 Å². The van der Waals surface area contributed by atoms with Gasteiger partial charge in [0.25, 0.3) is 0 Å². The van der Waals surface area contributed by atoms with Crippen molar-refractivity contribution in [1.82, 2.24) is 5.32 Å². The molecule has 12 heavy (non-hydrogen) atoms. The molecule has 0 saturated carbocycles. The third kappa shape index (κ3) is 3.09. The van der Waals surface area contributed by atoms with Crippen molar-refractivity contribution in [3.05, 3.63) is 0 Å². The van der Waals surface area contributed by atoms with Gasteiger partial charge in [-0.2, -0.15) is 0 Å². The molecule has 0 unspecified atom stereocenters. The lowest BCUT2D eigenvalue weighted by Gasteiger charge is -2.15. The maximum absolute atomic E-state index is 5.42. The van der Waals surface area contributed by atoms with Crippen molar-refractivity contribution >= 4 is 0 Å². The lowest BCUT2D eigenvalue weighted by atomic mass is 10.1. The molecule has 0 amide bonds. The average Bonchev–Trinajstić information content (AvgIpc) is 2.46. The Morgan fingerprint density at radius 2 is 2.42 bits per heavy atom. The van der Waals surface area contributed by atoms with Gasteiger partial charge in [-0.05, 0) is 20.3 Å². The topological polar surface area (TPSA) is 30.5 Å². The Bertz CT molecular complexity index is 119. The van der Waals surface area contributed by atoms with Crippen LogP contribution < -0.4 is 5.32 Å². The number of ether oxygens (including phenoxy) is 2. The Labute approximate surface area is 74.4 Å². The fourth-order valence-corrected chi connectivity index (χ4v) is 1.46. The quantitative estimate of drug-likeness (QED) is 0.623. The van der Waals surface area contributed by atoms with Gasteiger partial charge >= 0.3 is 0 Å². The van der Waals surface area contributed by atoms with Crippen molar-refractivity contribution in [3.8, 4) is 0 Å². The molecule has 1 aliphatic heterocycles. The Hall–Kier alpha value is -0.120. The van der Waals surface area contributed by atoms with Crippen LogP contribution in [0.4, 0.5) is 0 Å². The van der Waals surface area contributed by atoms with E-state index in [1.165, 1.54) is 0 Å². The molecule has 1 N–H and O–H groups in total. The Kier molecular flexibility index (Phi) is 4.58. The Morgan fingerprint density at radius 1 is 1.58 bits per heavy atom. The molecule has 0 spiro atoms. The van der Waals surface area contributed by atoms with E-state index in [0.717, 1.165) is 32.8 Å². The molecule has 3 nitrogen and oxygen atoms in total. The molecule has 1 heterocycles. The maximum Gasteiger partial charge on any atom is 0.0700 e. The third-order valence-electron chi connectivity index (χ3n) is 2.23. The highest BCUT2D eigenvalue weighted by molar-refractivity contribution is 4.78. The molecular weight excluding hydrogens is 154 g/mol. The van der Waals surface area contributed by atoms with Crippen molar-refractivity contribution in [2.24, 2.45) is 0 Å². The van der Waals surface area contributed by atoms with E-state index >= 15 is 0 Å². The predicted octanol–water partition coefficient (Wildman–Crippen LogP) is 0.790. The van der Waals surface area contributed by atoms with Gasteiger partial charge in [-0.15, -0.1) is 0 Å². The van der Waals surface area contributed by atoms with Gasteiger partial charge in [0.15, 0.2) is 0 Å². The second-order valence-corrected chi connectivity index (χ2v) is 3.12. The van der Waals surface area contributed by atoms with Crippen LogP contribution in [0, 0.1) is 0 Å². The predicted molar refractivity (Wildman–Crippen MR) is 48.3 cm³/mol. The first kappa shape index (κ1) is 9.96. The van der Waals surface area contributed by atoms with Gasteiger partial charge in [-0.25, -0.2) is 0 Å². The van der Waals surface area contributed by atoms with Crippen LogP contribution in [0.5, 0.6) is 0 Å². The number of hydrogen-bond donors (Lipinski definition) is 1. The summed E-state index contributed by atoms with van der Waals surface area (Å²) >= 11 is 0. The molecule has 1 rings (SSSR count). The van der Waals surface area contributed by atoms with E-state index in [1.807, 2.05) is 6.92 Å². The van der Waals surface area contributed by atoms with Gasteiger partial charge in [0.05, 0.1) is 12.7 Å². The molecule has 0 radical (unpaired) electrons. The van der Waals surface area contributed by atoms with Crippen LogP contribution in [-0.2, 0) is 9.47 Å². The fraction of sp³-hybridized carbons (Fsp3) is 1.00. The summed E-state index contributed by atoms with van der Waals surface area (Å²) in [5, 5.41) is 3.42. The maximum atomic E-state index is 5.42. The van der Waals surface area contributed by atoms with E-state index in [4.69, 9.17) is 9.47 Å². The average molecular weight is 173 g/mol. The van der Waals surface area contributed by atoms with Gasteiger partial charge in [0.1, 0.15) is 0 Å². The SMILES string of the molecule is CCOCCN[C@@H]1CCO[C@H]1C. The van der Waals surface area contributed by atoms with Crippen molar-refractivity contribution in [2.75, 3.05) is 26.4 Å². The second kappa shape index (κ2) is 5.51. The minimum absolute atomic E-state index is 0.367. The summed E-state index contributed by atoms with van der Waals surface area (Å²) in [4.78, 5) is 0. The molecule has 1 fully saturated rings. The Balaban J connectivity index is 1.98. The molecule has 0 aromatic rings. The minimum Gasteiger partial charge on any atom is -0.380 e. The van der Waals surface area contributed by atoms with Gasteiger partial charge in [0.2, 0.25) is 0 Å². The smallest absolute Gasteiger partial charge is 0.0700 e. The number of hydrogen-bond acceptors (Lipinski definition) is 3. The summed E-state index contributed by atoms with van der Waals surface area (Å²) < 4.78 is 10.6. The molecular formula is C9H19NO2. The molecule has 1 saturated heterocycles. The molecule has 0 aromatic heterocycles. The highest BCUT2D eigenvalue weighted by Gasteiger charge is 2.22. The third-order valence-corrected chi connectivity index (χ3v) is 2.23. The van der Waals surface area contributed by atoms with Gasteiger partial charge in [-0.3, -0.25) is 0 Å². The van der Waals surface area contributed by atoms with Crippen molar-refractivity contribution in [1.29, 1.82) is 0 Å². The lowest BCUT2D eigenvalue weighted by Crippen LogP contribution is -2.36. The van der Waals surface area contributed by atoms with Crippen LogP contribution in [0.3, 0.4) is 0 Å². The first-order chi connectivity index (χ1) is 5.84. The lowest BCUT2D eigenvalue weighted by molar-refractivity contribution is 0.107. The highest BCUT2D eigenvalue weighted by Crippen LogP contribution is 2.11. The van der Waals surface area contributed by atoms with Gasteiger partial charge < -0.3 is 14.8 Å². The van der Waals surface area contributed by atoms with E-state index in [0.29, 0.717) is 12.1 Å². The monoisotopic (exact) mass is 173 g/mol. The van der Waals surface area contributed by atoms with Crippen LogP contribution in [0.25, 0.3) is 0 Å². The van der Waals surface area contributed by atoms with Crippen LogP contribution >= 0.6 is 0 Å². The van der Waals surface area contributed by atoms with E-state index in [-0.39, 0.29) is 0 Å². The Morgan fingerprint density at radius 3 is 3.00 bits per heavy atom.